The van der Waals surface area contributed by atoms with Crippen molar-refractivity contribution < 1.29 is 9.13 Å². The highest BCUT2D eigenvalue weighted by molar-refractivity contribution is 7.99. The number of benzene rings is 2. The number of aromatic nitrogens is 1. The molecule has 8 heteroatoms. The van der Waals surface area contributed by atoms with Gasteiger partial charge in [-0.1, -0.05) is 24.3 Å². The van der Waals surface area contributed by atoms with E-state index in [0.717, 1.165) is 55.7 Å². The summed E-state index contributed by atoms with van der Waals surface area (Å²) in [6, 6.07) is 15.8. The number of thioether (sulfide) groups is 1. The van der Waals surface area contributed by atoms with Crippen LogP contribution in [0.5, 0.6) is 0 Å². The number of pyridine rings is 1. The maximum Gasteiger partial charge on any atom is 0.126 e. The highest BCUT2D eigenvalue weighted by Crippen LogP contribution is 2.34. The Morgan fingerprint density at radius 3 is 2.57 bits per heavy atom. The minimum Gasteiger partial charge on any atom is -0.379 e. The Bertz CT molecular complexity index is 1190. The van der Waals surface area contributed by atoms with Gasteiger partial charge in [0.05, 0.1) is 35.1 Å². The lowest BCUT2D eigenvalue weighted by atomic mass is 10.1. The van der Waals surface area contributed by atoms with Crippen LogP contribution in [0.15, 0.2) is 53.6 Å². The smallest absolute Gasteiger partial charge is 0.126 e. The van der Waals surface area contributed by atoms with Crippen LogP contribution in [-0.2, 0) is 17.8 Å². The van der Waals surface area contributed by atoms with E-state index in [-0.39, 0.29) is 5.82 Å². The highest BCUT2D eigenvalue weighted by atomic mass is 32.2. The summed E-state index contributed by atoms with van der Waals surface area (Å²) >= 11 is 1.60. The fraction of sp³-hybridized carbons (Fsp3) is 0.333. The van der Waals surface area contributed by atoms with Gasteiger partial charge in [-0.05, 0) is 48.7 Å². The first kappa shape index (κ1) is 25.1. The van der Waals surface area contributed by atoms with Crippen molar-refractivity contribution >= 4 is 23.1 Å². The first-order valence-corrected chi connectivity index (χ1v) is 12.7. The Kier molecular flexibility index (Phi) is 8.72. The molecule has 0 amide bonds. The molecule has 2 N–H and O–H groups in total. The molecule has 1 aromatic heterocycles. The molecule has 1 saturated heterocycles. The summed E-state index contributed by atoms with van der Waals surface area (Å²) in [5.41, 5.74) is 5.80. The number of nitrogens with one attached hydrogen (secondary N) is 2. The molecule has 1 aliphatic rings. The van der Waals surface area contributed by atoms with Crippen LogP contribution >= 0.6 is 11.8 Å². The summed E-state index contributed by atoms with van der Waals surface area (Å²) in [6.07, 6.45) is 1.57. The fourth-order valence-corrected chi connectivity index (χ4v) is 4.85. The van der Waals surface area contributed by atoms with Gasteiger partial charge in [0.2, 0.25) is 0 Å². The van der Waals surface area contributed by atoms with Crippen molar-refractivity contribution in [3.05, 3.63) is 82.4 Å². The molecule has 0 spiro atoms. The SMILES string of the molecule is Cc1cc(Nc2c(C#N)cnc(C)c2SCNCc2ccc(CN3CCOCC3)cc2)ccc1F. The molecule has 1 fully saturated rings. The summed E-state index contributed by atoms with van der Waals surface area (Å²) in [5.74, 6) is 0.402. The summed E-state index contributed by atoms with van der Waals surface area (Å²) in [6.45, 7) is 8.95. The molecule has 0 radical (unpaired) electrons. The average Bonchev–Trinajstić information content (AvgIpc) is 2.87. The molecule has 2 heterocycles. The summed E-state index contributed by atoms with van der Waals surface area (Å²) in [7, 11) is 0. The largest absolute Gasteiger partial charge is 0.379 e. The third-order valence-corrected chi connectivity index (χ3v) is 7.08. The van der Waals surface area contributed by atoms with Gasteiger partial charge in [0.15, 0.2) is 0 Å². The number of morpholine rings is 1. The fourth-order valence-electron chi connectivity index (χ4n) is 3.94. The normalized spacial score (nSPS) is 14.0. The van der Waals surface area contributed by atoms with Crippen molar-refractivity contribution in [2.45, 2.75) is 31.8 Å². The monoisotopic (exact) mass is 491 g/mol. The molecule has 0 aliphatic carbocycles. The van der Waals surface area contributed by atoms with Gasteiger partial charge in [-0.25, -0.2) is 4.39 Å². The maximum absolute atomic E-state index is 13.7. The molecule has 1 aliphatic heterocycles. The molecule has 182 valence electrons. The predicted octanol–water partition coefficient (Wildman–Crippen LogP) is 5.12. The Morgan fingerprint density at radius 1 is 1.11 bits per heavy atom. The number of anilines is 2. The van der Waals surface area contributed by atoms with Crippen molar-refractivity contribution in [1.29, 1.82) is 5.26 Å². The number of nitrogens with zero attached hydrogens (tertiary/aromatic N) is 3. The Hall–Kier alpha value is -2.96. The minimum atomic E-state index is -0.255. The lowest BCUT2D eigenvalue weighted by molar-refractivity contribution is 0.0342. The third kappa shape index (κ3) is 6.80. The molecule has 0 unspecified atom stereocenters. The van der Waals surface area contributed by atoms with Crippen LogP contribution in [0, 0.1) is 31.0 Å². The number of ether oxygens (including phenoxy) is 1. The van der Waals surface area contributed by atoms with Crippen LogP contribution in [0.1, 0.15) is 27.9 Å². The molecule has 3 aromatic rings. The number of nitriles is 1. The Morgan fingerprint density at radius 2 is 1.86 bits per heavy atom. The van der Waals surface area contributed by atoms with E-state index < -0.39 is 0 Å². The van der Waals surface area contributed by atoms with Crippen molar-refractivity contribution in [2.24, 2.45) is 0 Å². The number of hydrogen-bond acceptors (Lipinski definition) is 7. The zero-order valence-corrected chi connectivity index (χ0v) is 20.9. The minimum absolute atomic E-state index is 0.255. The van der Waals surface area contributed by atoms with E-state index in [4.69, 9.17) is 4.74 Å². The Labute approximate surface area is 210 Å². The molecule has 0 bridgehead atoms. The quantitative estimate of drug-likeness (QED) is 0.244. The zero-order valence-electron chi connectivity index (χ0n) is 20.1. The van der Waals surface area contributed by atoms with E-state index in [1.54, 1.807) is 37.0 Å². The molecule has 35 heavy (non-hydrogen) atoms. The van der Waals surface area contributed by atoms with E-state index in [1.165, 1.54) is 17.2 Å². The molecule has 4 rings (SSSR count). The summed E-state index contributed by atoms with van der Waals surface area (Å²) in [4.78, 5) is 7.71. The third-order valence-electron chi connectivity index (χ3n) is 5.94. The second kappa shape index (κ2) is 12.1. The second-order valence-electron chi connectivity index (χ2n) is 8.58. The number of hydrogen-bond donors (Lipinski definition) is 2. The number of halogens is 1. The van der Waals surface area contributed by atoms with E-state index in [0.29, 0.717) is 22.7 Å². The van der Waals surface area contributed by atoms with E-state index in [2.05, 4.69) is 50.9 Å². The van der Waals surface area contributed by atoms with Gasteiger partial charge in [0, 0.05) is 43.9 Å². The number of aryl methyl sites for hydroxylation is 2. The van der Waals surface area contributed by atoms with Crippen LogP contribution in [0.3, 0.4) is 0 Å². The predicted molar refractivity (Wildman–Crippen MR) is 138 cm³/mol. The van der Waals surface area contributed by atoms with E-state index in [9.17, 15) is 9.65 Å². The first-order valence-electron chi connectivity index (χ1n) is 11.7. The van der Waals surface area contributed by atoms with Gasteiger partial charge in [-0.2, -0.15) is 5.26 Å². The van der Waals surface area contributed by atoms with Crippen molar-refractivity contribution in [3.63, 3.8) is 0 Å². The average molecular weight is 492 g/mol. The van der Waals surface area contributed by atoms with Crippen molar-refractivity contribution in [2.75, 3.05) is 37.5 Å². The highest BCUT2D eigenvalue weighted by Gasteiger charge is 2.14. The van der Waals surface area contributed by atoms with Gasteiger partial charge in [-0.3, -0.25) is 9.88 Å². The second-order valence-corrected chi connectivity index (χ2v) is 9.57. The lowest BCUT2D eigenvalue weighted by Gasteiger charge is -2.26. The van der Waals surface area contributed by atoms with Crippen LogP contribution in [-0.4, -0.2) is 42.1 Å². The van der Waals surface area contributed by atoms with Crippen LogP contribution < -0.4 is 10.6 Å². The van der Waals surface area contributed by atoms with Gasteiger partial charge in [-0.15, -0.1) is 11.8 Å². The van der Waals surface area contributed by atoms with Crippen LogP contribution in [0.25, 0.3) is 0 Å². The molecular weight excluding hydrogens is 461 g/mol. The maximum atomic E-state index is 13.7. The van der Waals surface area contributed by atoms with Crippen molar-refractivity contribution in [3.8, 4) is 6.07 Å². The standard InChI is InChI=1S/C27H30FN5OS/c1-19-13-24(7-8-25(19)28)32-26-23(14-29)16-31-20(2)27(26)35-18-30-15-21-3-5-22(6-4-21)17-33-9-11-34-12-10-33/h3-8,13,16,30H,9-12,15,17-18H2,1-2H3,(H,31,32). The van der Waals surface area contributed by atoms with Gasteiger partial charge < -0.3 is 15.4 Å². The molecule has 2 aromatic carbocycles. The van der Waals surface area contributed by atoms with Crippen LogP contribution in [0.2, 0.25) is 0 Å². The van der Waals surface area contributed by atoms with Crippen LogP contribution in [0.4, 0.5) is 15.8 Å². The summed E-state index contributed by atoms with van der Waals surface area (Å²) < 4.78 is 19.1. The van der Waals surface area contributed by atoms with Gasteiger partial charge in [0.1, 0.15) is 11.9 Å². The lowest BCUT2D eigenvalue weighted by Crippen LogP contribution is -2.35. The number of rotatable bonds is 9. The molecule has 0 saturated carbocycles. The molecule has 6 nitrogen and oxygen atoms in total. The first-order chi connectivity index (χ1) is 17.0. The van der Waals surface area contributed by atoms with Gasteiger partial charge in [0.25, 0.3) is 0 Å². The molecule has 0 atom stereocenters. The zero-order chi connectivity index (χ0) is 24.6. The summed E-state index contributed by atoms with van der Waals surface area (Å²) in [5, 5.41) is 16.4. The topological polar surface area (TPSA) is 73.2 Å². The van der Waals surface area contributed by atoms with Gasteiger partial charge >= 0.3 is 0 Å². The Balaban J connectivity index is 1.36. The van der Waals surface area contributed by atoms with E-state index in [1.807, 2.05) is 6.92 Å². The van der Waals surface area contributed by atoms with E-state index >= 15 is 0 Å². The molecular formula is C27H30FN5OS. The van der Waals surface area contributed by atoms with Crippen molar-refractivity contribution in [1.82, 2.24) is 15.2 Å².